The lowest BCUT2D eigenvalue weighted by Gasteiger charge is -2.25. The zero-order valence-electron chi connectivity index (χ0n) is 17.6. The number of anilines is 1. The highest BCUT2D eigenvalue weighted by atomic mass is 16.5. The second-order valence-corrected chi connectivity index (χ2v) is 7.38. The average molecular weight is 409 g/mol. The Hall–Kier alpha value is -3.19. The molecule has 0 spiro atoms. The molecular weight excluding hydrogens is 382 g/mol. The third-order valence-corrected chi connectivity index (χ3v) is 5.19. The molecule has 1 aliphatic rings. The van der Waals surface area contributed by atoms with Crippen molar-refractivity contribution in [2.75, 3.05) is 31.7 Å². The monoisotopic (exact) mass is 409 g/mol. The summed E-state index contributed by atoms with van der Waals surface area (Å²) in [7, 11) is 1.57. The molecule has 1 atom stereocenters. The second-order valence-electron chi connectivity index (χ2n) is 7.38. The molecule has 7 nitrogen and oxygen atoms in total. The van der Waals surface area contributed by atoms with E-state index >= 15 is 0 Å². The number of carbonyl (C=O) groups is 3. The SMILES string of the molecule is COCCN(Cc1ccccc1)C(=O)CN1C(=O)[C@H](C)N(c2ccc(C)cc2)C1=O. The minimum Gasteiger partial charge on any atom is -0.383 e. The van der Waals surface area contributed by atoms with Crippen LogP contribution in [0.5, 0.6) is 0 Å². The maximum atomic E-state index is 13.0. The molecule has 1 saturated heterocycles. The van der Waals surface area contributed by atoms with Gasteiger partial charge in [-0.1, -0.05) is 48.0 Å². The normalized spacial score (nSPS) is 16.3. The smallest absolute Gasteiger partial charge is 0.332 e. The van der Waals surface area contributed by atoms with Crippen LogP contribution in [0.4, 0.5) is 10.5 Å². The molecule has 0 aliphatic carbocycles. The second kappa shape index (κ2) is 9.54. The molecule has 0 radical (unpaired) electrons. The van der Waals surface area contributed by atoms with Crippen LogP contribution < -0.4 is 4.90 Å². The lowest BCUT2D eigenvalue weighted by molar-refractivity contribution is -0.138. The van der Waals surface area contributed by atoms with Gasteiger partial charge in [0, 0.05) is 25.9 Å². The van der Waals surface area contributed by atoms with Crippen LogP contribution in [-0.2, 0) is 20.9 Å². The van der Waals surface area contributed by atoms with Crippen molar-refractivity contribution in [3.63, 3.8) is 0 Å². The molecule has 30 heavy (non-hydrogen) atoms. The van der Waals surface area contributed by atoms with E-state index < -0.39 is 12.1 Å². The topological polar surface area (TPSA) is 70.2 Å². The quantitative estimate of drug-likeness (QED) is 0.629. The maximum Gasteiger partial charge on any atom is 0.332 e. The van der Waals surface area contributed by atoms with Crippen molar-refractivity contribution >= 4 is 23.5 Å². The summed E-state index contributed by atoms with van der Waals surface area (Å²) in [6, 6.07) is 15.8. The van der Waals surface area contributed by atoms with Crippen molar-refractivity contribution in [1.82, 2.24) is 9.80 Å². The number of amides is 4. The van der Waals surface area contributed by atoms with Gasteiger partial charge in [0.1, 0.15) is 12.6 Å². The van der Waals surface area contributed by atoms with E-state index in [4.69, 9.17) is 4.74 Å². The Morgan fingerprint density at radius 3 is 2.37 bits per heavy atom. The molecule has 7 heteroatoms. The highest BCUT2D eigenvalue weighted by Gasteiger charge is 2.44. The minimum atomic E-state index is -0.658. The Balaban J connectivity index is 1.75. The first-order valence-corrected chi connectivity index (χ1v) is 9.94. The summed E-state index contributed by atoms with van der Waals surface area (Å²) in [5.41, 5.74) is 2.67. The van der Waals surface area contributed by atoms with Crippen LogP contribution >= 0.6 is 0 Å². The molecule has 0 unspecified atom stereocenters. The van der Waals surface area contributed by atoms with Crippen LogP contribution in [0.3, 0.4) is 0 Å². The maximum absolute atomic E-state index is 13.0. The Kier molecular flexibility index (Phi) is 6.84. The average Bonchev–Trinajstić information content (AvgIpc) is 2.95. The van der Waals surface area contributed by atoms with E-state index in [1.165, 1.54) is 4.90 Å². The lowest BCUT2D eigenvalue weighted by atomic mass is 10.2. The molecule has 158 valence electrons. The third-order valence-electron chi connectivity index (χ3n) is 5.19. The molecule has 3 rings (SSSR count). The number of benzene rings is 2. The molecule has 1 aliphatic heterocycles. The lowest BCUT2D eigenvalue weighted by Crippen LogP contribution is -2.44. The Morgan fingerprint density at radius 1 is 1.07 bits per heavy atom. The van der Waals surface area contributed by atoms with Crippen molar-refractivity contribution in [2.24, 2.45) is 0 Å². The van der Waals surface area contributed by atoms with Crippen LogP contribution in [0.15, 0.2) is 54.6 Å². The van der Waals surface area contributed by atoms with Crippen LogP contribution in [0.25, 0.3) is 0 Å². The number of methoxy groups -OCH3 is 1. The molecular formula is C23H27N3O4. The fourth-order valence-corrected chi connectivity index (χ4v) is 3.44. The Labute approximate surface area is 176 Å². The van der Waals surface area contributed by atoms with E-state index in [0.717, 1.165) is 16.0 Å². The highest BCUT2D eigenvalue weighted by molar-refractivity contribution is 6.15. The van der Waals surface area contributed by atoms with Gasteiger partial charge in [-0.2, -0.15) is 0 Å². The van der Waals surface area contributed by atoms with E-state index in [2.05, 4.69) is 0 Å². The molecule has 2 aromatic carbocycles. The number of ether oxygens (including phenoxy) is 1. The Morgan fingerprint density at radius 2 is 1.73 bits per heavy atom. The molecule has 1 fully saturated rings. The van der Waals surface area contributed by atoms with Gasteiger partial charge < -0.3 is 9.64 Å². The summed E-state index contributed by atoms with van der Waals surface area (Å²) in [5, 5.41) is 0. The van der Waals surface area contributed by atoms with Gasteiger partial charge in [0.15, 0.2) is 0 Å². The molecule has 0 saturated carbocycles. The molecule has 4 amide bonds. The van der Waals surface area contributed by atoms with Crippen LogP contribution in [0.2, 0.25) is 0 Å². The molecule has 2 aromatic rings. The van der Waals surface area contributed by atoms with Crippen molar-refractivity contribution in [1.29, 1.82) is 0 Å². The van der Waals surface area contributed by atoms with Crippen molar-refractivity contribution < 1.29 is 19.1 Å². The van der Waals surface area contributed by atoms with E-state index in [0.29, 0.717) is 25.4 Å². The number of carbonyl (C=O) groups excluding carboxylic acids is 3. The minimum absolute atomic E-state index is 0.291. The van der Waals surface area contributed by atoms with Gasteiger partial charge in [0.05, 0.1) is 6.61 Å². The predicted molar refractivity (Wildman–Crippen MR) is 114 cm³/mol. The number of aryl methyl sites for hydroxylation is 1. The summed E-state index contributed by atoms with van der Waals surface area (Å²) < 4.78 is 5.12. The van der Waals surface area contributed by atoms with Crippen LogP contribution in [0.1, 0.15) is 18.1 Å². The first kappa shape index (κ1) is 21.5. The molecule has 0 N–H and O–H groups in total. The zero-order valence-corrected chi connectivity index (χ0v) is 17.6. The standard InChI is InChI=1S/C23H27N3O4/c1-17-9-11-20(12-10-17)26-18(2)22(28)25(23(26)29)16-21(27)24(13-14-30-3)15-19-7-5-4-6-8-19/h4-12,18H,13-16H2,1-3H3/t18-/m0/s1. The Bertz CT molecular complexity index is 898. The van der Waals surface area contributed by atoms with Crippen molar-refractivity contribution in [3.8, 4) is 0 Å². The summed E-state index contributed by atoms with van der Waals surface area (Å²) in [4.78, 5) is 42.8. The van der Waals surface area contributed by atoms with Gasteiger partial charge in [-0.05, 0) is 31.5 Å². The van der Waals surface area contributed by atoms with Crippen LogP contribution in [-0.4, -0.2) is 60.5 Å². The number of urea groups is 1. The van der Waals surface area contributed by atoms with Gasteiger partial charge >= 0.3 is 6.03 Å². The summed E-state index contributed by atoms with van der Waals surface area (Å²) >= 11 is 0. The number of rotatable bonds is 8. The summed E-state index contributed by atoms with van der Waals surface area (Å²) in [6.07, 6.45) is 0. The van der Waals surface area contributed by atoms with Crippen LogP contribution in [0, 0.1) is 6.92 Å². The van der Waals surface area contributed by atoms with E-state index in [9.17, 15) is 14.4 Å². The first-order valence-electron chi connectivity index (χ1n) is 9.94. The van der Waals surface area contributed by atoms with Crippen molar-refractivity contribution in [3.05, 3.63) is 65.7 Å². The number of imide groups is 1. The third kappa shape index (κ3) is 4.68. The van der Waals surface area contributed by atoms with Gasteiger partial charge in [0.25, 0.3) is 5.91 Å². The number of hydrogen-bond donors (Lipinski definition) is 0. The summed E-state index contributed by atoms with van der Waals surface area (Å²) in [6.45, 7) is 4.47. The van der Waals surface area contributed by atoms with Gasteiger partial charge in [-0.15, -0.1) is 0 Å². The molecule has 0 aromatic heterocycles. The number of nitrogens with zero attached hydrogens (tertiary/aromatic N) is 3. The zero-order chi connectivity index (χ0) is 21.7. The fourth-order valence-electron chi connectivity index (χ4n) is 3.44. The van der Waals surface area contributed by atoms with Gasteiger partial charge in [0.2, 0.25) is 5.91 Å². The predicted octanol–water partition coefficient (Wildman–Crippen LogP) is 2.83. The first-order chi connectivity index (χ1) is 14.4. The fraction of sp³-hybridized carbons (Fsp3) is 0.348. The van der Waals surface area contributed by atoms with E-state index in [1.807, 2.05) is 61.5 Å². The van der Waals surface area contributed by atoms with E-state index in [-0.39, 0.29) is 18.4 Å². The molecule has 1 heterocycles. The summed E-state index contributed by atoms with van der Waals surface area (Å²) in [5.74, 6) is -0.670. The van der Waals surface area contributed by atoms with E-state index in [1.54, 1.807) is 18.9 Å². The largest absolute Gasteiger partial charge is 0.383 e. The van der Waals surface area contributed by atoms with Gasteiger partial charge in [-0.3, -0.25) is 19.4 Å². The number of hydrogen-bond acceptors (Lipinski definition) is 4. The van der Waals surface area contributed by atoms with Gasteiger partial charge in [-0.25, -0.2) is 4.79 Å². The van der Waals surface area contributed by atoms with Crippen molar-refractivity contribution in [2.45, 2.75) is 26.4 Å². The molecule has 0 bridgehead atoms. The highest BCUT2D eigenvalue weighted by Crippen LogP contribution is 2.26.